The minimum absolute atomic E-state index is 0.0202. The van der Waals surface area contributed by atoms with Crippen LogP contribution in [-0.4, -0.2) is 42.6 Å². The lowest BCUT2D eigenvalue weighted by atomic mass is 9.89. The van der Waals surface area contributed by atoms with Gasteiger partial charge in [0.15, 0.2) is 0 Å². The van der Waals surface area contributed by atoms with E-state index in [1.54, 1.807) is 24.6 Å². The summed E-state index contributed by atoms with van der Waals surface area (Å²) in [5, 5.41) is 12.3. The maximum absolute atomic E-state index is 13.2. The first-order chi connectivity index (χ1) is 14.4. The van der Waals surface area contributed by atoms with Gasteiger partial charge in [-0.2, -0.15) is 0 Å². The largest absolute Gasteiger partial charge is 0.494 e. The monoisotopic (exact) mass is 412 g/mol. The average molecular weight is 412 g/mol. The van der Waals surface area contributed by atoms with Gasteiger partial charge in [0.1, 0.15) is 11.6 Å². The fourth-order valence-electron chi connectivity index (χ4n) is 3.21. The Morgan fingerprint density at radius 1 is 1.13 bits per heavy atom. The van der Waals surface area contributed by atoms with Crippen molar-refractivity contribution in [1.29, 1.82) is 0 Å². The summed E-state index contributed by atoms with van der Waals surface area (Å²) in [4.78, 5) is 19.3. The molecule has 0 spiro atoms. The van der Waals surface area contributed by atoms with E-state index in [4.69, 9.17) is 10.5 Å². The van der Waals surface area contributed by atoms with Crippen LogP contribution in [0.15, 0.2) is 58.5 Å². The normalized spacial score (nSPS) is 15.3. The van der Waals surface area contributed by atoms with Gasteiger partial charge in [-0.05, 0) is 54.2 Å². The fourth-order valence-corrected chi connectivity index (χ4v) is 3.21. The molecule has 0 fully saturated rings. The van der Waals surface area contributed by atoms with Crippen LogP contribution in [0, 0.1) is 5.82 Å². The van der Waals surface area contributed by atoms with Gasteiger partial charge in [-0.1, -0.05) is 24.3 Å². The molecule has 1 heterocycles. The average Bonchev–Trinajstić information content (AvgIpc) is 3.15. The van der Waals surface area contributed by atoms with Crippen molar-refractivity contribution in [3.8, 4) is 5.75 Å². The number of nitrogens with one attached hydrogen (secondary N) is 1. The Morgan fingerprint density at radius 2 is 1.80 bits per heavy atom. The highest BCUT2D eigenvalue weighted by molar-refractivity contribution is 6.17. The Morgan fingerprint density at radius 3 is 2.43 bits per heavy atom. The van der Waals surface area contributed by atoms with E-state index in [1.807, 2.05) is 24.3 Å². The van der Waals surface area contributed by atoms with Crippen LogP contribution in [-0.2, 0) is 11.2 Å². The number of carboxylic acid groups (broad SMARTS) is 1. The number of benzene rings is 2. The van der Waals surface area contributed by atoms with Crippen molar-refractivity contribution in [3.63, 3.8) is 0 Å². The highest BCUT2D eigenvalue weighted by Crippen LogP contribution is 2.26. The Balaban J connectivity index is 1.48. The summed E-state index contributed by atoms with van der Waals surface area (Å²) in [7, 11) is 0. The summed E-state index contributed by atoms with van der Waals surface area (Å²) in [6, 6.07) is 13.6. The van der Waals surface area contributed by atoms with Crippen LogP contribution >= 0.6 is 0 Å². The van der Waals surface area contributed by atoms with Crippen molar-refractivity contribution in [2.75, 3.05) is 13.2 Å². The Labute approximate surface area is 174 Å². The van der Waals surface area contributed by atoms with Gasteiger partial charge in [-0.3, -0.25) is 15.8 Å². The van der Waals surface area contributed by atoms with Crippen molar-refractivity contribution in [3.05, 3.63) is 65.5 Å². The van der Waals surface area contributed by atoms with E-state index in [0.717, 1.165) is 23.3 Å². The molecule has 1 unspecified atom stereocenters. The quantitative estimate of drug-likeness (QED) is 0.388. The Kier molecular flexibility index (Phi) is 7.26. The molecule has 0 bridgehead atoms. The molecule has 0 aliphatic carbocycles. The standard InChI is InChI=1S/C22H25FN4O3/c23-19-6-4-17(5-7-19)18(15-21(28)29)14-16-2-8-20(9-3-16)30-13-1-10-25-22(24)26-11-12-27-22/h2-9,11-12,18,25H,1,10,13-15,24H2,(H,28,29). The molecule has 1 aliphatic heterocycles. The van der Waals surface area contributed by atoms with Gasteiger partial charge >= 0.3 is 5.97 Å². The zero-order valence-corrected chi connectivity index (χ0v) is 16.5. The number of halogens is 1. The molecule has 3 rings (SSSR count). The van der Waals surface area contributed by atoms with Crippen LogP contribution in [0.2, 0.25) is 0 Å². The molecule has 2 aromatic carbocycles. The van der Waals surface area contributed by atoms with Gasteiger partial charge in [0.2, 0.25) is 0 Å². The van der Waals surface area contributed by atoms with Gasteiger partial charge < -0.3 is 9.84 Å². The van der Waals surface area contributed by atoms with Gasteiger partial charge in [0.05, 0.1) is 13.0 Å². The van der Waals surface area contributed by atoms with Crippen LogP contribution in [0.25, 0.3) is 0 Å². The molecule has 7 nitrogen and oxygen atoms in total. The maximum Gasteiger partial charge on any atom is 0.303 e. The predicted molar refractivity (Wildman–Crippen MR) is 114 cm³/mol. The number of nitrogens with two attached hydrogens (primary N) is 1. The van der Waals surface area contributed by atoms with Crippen LogP contribution in [0.3, 0.4) is 0 Å². The Bertz CT molecular complexity index is 886. The lowest BCUT2D eigenvalue weighted by Crippen LogP contribution is -2.49. The highest BCUT2D eigenvalue weighted by Gasteiger charge is 2.21. The van der Waals surface area contributed by atoms with Crippen LogP contribution < -0.4 is 15.8 Å². The van der Waals surface area contributed by atoms with Crippen molar-refractivity contribution in [2.24, 2.45) is 15.7 Å². The molecule has 0 saturated carbocycles. The van der Waals surface area contributed by atoms with Crippen molar-refractivity contribution < 1.29 is 19.0 Å². The van der Waals surface area contributed by atoms with Gasteiger partial charge in [-0.15, -0.1) is 0 Å². The van der Waals surface area contributed by atoms with E-state index in [0.29, 0.717) is 19.6 Å². The first kappa shape index (κ1) is 21.6. The molecular weight excluding hydrogens is 387 g/mol. The van der Waals surface area contributed by atoms with Gasteiger partial charge in [-0.25, -0.2) is 14.4 Å². The van der Waals surface area contributed by atoms with E-state index in [-0.39, 0.29) is 18.2 Å². The molecule has 30 heavy (non-hydrogen) atoms. The van der Waals surface area contributed by atoms with E-state index in [2.05, 4.69) is 15.3 Å². The zero-order chi connectivity index (χ0) is 21.4. The van der Waals surface area contributed by atoms with Gasteiger partial charge in [0, 0.05) is 19.0 Å². The lowest BCUT2D eigenvalue weighted by Gasteiger charge is -2.18. The van der Waals surface area contributed by atoms with E-state index in [9.17, 15) is 14.3 Å². The molecule has 0 amide bonds. The second kappa shape index (κ2) is 10.1. The smallest absolute Gasteiger partial charge is 0.303 e. The molecule has 1 aliphatic rings. The van der Waals surface area contributed by atoms with E-state index >= 15 is 0 Å². The topological polar surface area (TPSA) is 109 Å². The molecule has 0 aromatic heterocycles. The Hall–Kier alpha value is -3.10. The summed E-state index contributed by atoms with van der Waals surface area (Å²) in [5.41, 5.74) is 7.68. The minimum atomic E-state index is -1.06. The van der Waals surface area contributed by atoms with Crippen LogP contribution in [0.5, 0.6) is 5.75 Å². The number of nitrogens with zero attached hydrogens (tertiary/aromatic N) is 2. The summed E-state index contributed by atoms with van der Waals surface area (Å²) in [6.45, 7) is 1.12. The van der Waals surface area contributed by atoms with E-state index in [1.165, 1.54) is 12.1 Å². The molecule has 8 heteroatoms. The molecule has 0 radical (unpaired) electrons. The highest BCUT2D eigenvalue weighted by atomic mass is 19.1. The molecule has 0 saturated heterocycles. The zero-order valence-electron chi connectivity index (χ0n) is 16.5. The lowest BCUT2D eigenvalue weighted by molar-refractivity contribution is -0.137. The summed E-state index contributed by atoms with van der Waals surface area (Å²) in [6.07, 6.45) is 4.37. The minimum Gasteiger partial charge on any atom is -0.494 e. The molecular formula is C22H25FN4O3. The van der Waals surface area contributed by atoms with Crippen molar-refractivity contribution in [1.82, 2.24) is 5.32 Å². The number of hydrogen-bond donors (Lipinski definition) is 3. The molecule has 4 N–H and O–H groups in total. The number of aliphatic imine (C=N–C) groups is 2. The van der Waals surface area contributed by atoms with Crippen molar-refractivity contribution >= 4 is 18.4 Å². The molecule has 1 atom stereocenters. The first-order valence-electron chi connectivity index (χ1n) is 9.75. The molecule has 2 aromatic rings. The number of aliphatic carboxylic acids is 1. The number of carbonyl (C=O) groups is 1. The molecule has 158 valence electrons. The summed E-state index contributed by atoms with van der Waals surface area (Å²) in [5.74, 6) is -1.78. The van der Waals surface area contributed by atoms with Crippen LogP contribution in [0.4, 0.5) is 4.39 Å². The number of ether oxygens (including phenoxy) is 1. The third-order valence-electron chi connectivity index (χ3n) is 4.75. The first-order valence-corrected chi connectivity index (χ1v) is 9.75. The summed E-state index contributed by atoms with van der Waals surface area (Å²) < 4.78 is 18.9. The summed E-state index contributed by atoms with van der Waals surface area (Å²) >= 11 is 0. The third kappa shape index (κ3) is 6.47. The maximum atomic E-state index is 13.2. The van der Waals surface area contributed by atoms with Crippen LogP contribution in [0.1, 0.15) is 29.9 Å². The number of carboxylic acids is 1. The number of hydrogen-bond acceptors (Lipinski definition) is 6. The van der Waals surface area contributed by atoms with Gasteiger partial charge in [0.25, 0.3) is 5.91 Å². The third-order valence-corrected chi connectivity index (χ3v) is 4.75. The van der Waals surface area contributed by atoms with Crippen molar-refractivity contribution in [2.45, 2.75) is 31.1 Å². The second-order valence-electron chi connectivity index (χ2n) is 7.11. The predicted octanol–water partition coefficient (Wildman–Crippen LogP) is 2.71. The second-order valence-corrected chi connectivity index (χ2v) is 7.11. The number of rotatable bonds is 11. The fraction of sp³-hybridized carbons (Fsp3) is 0.318. The van der Waals surface area contributed by atoms with E-state index < -0.39 is 11.9 Å². The SMILES string of the molecule is NC1(NCCCOc2ccc(CC(CC(=O)O)c3ccc(F)cc3)cc2)N=CC=N1.